The van der Waals surface area contributed by atoms with Gasteiger partial charge in [-0.2, -0.15) is 4.39 Å². The van der Waals surface area contributed by atoms with E-state index in [4.69, 9.17) is 6.42 Å². The standard InChI is InChI=1S/C13H13FN2O/c1-2-8-16(9-10-5-6-10)13(17)11-4-3-7-15-12(11)14/h1,3-4,7,10H,5-6,8-9H2. The Morgan fingerprint density at radius 3 is 3.00 bits per heavy atom. The molecule has 1 heterocycles. The fraction of sp³-hybridized carbons (Fsp3) is 0.385. The normalized spacial score (nSPS) is 14.1. The molecule has 1 amide bonds. The monoisotopic (exact) mass is 232 g/mol. The lowest BCUT2D eigenvalue weighted by molar-refractivity contribution is 0.0764. The number of terminal acetylenes is 1. The summed E-state index contributed by atoms with van der Waals surface area (Å²) in [6.07, 6.45) is 8.77. The second kappa shape index (κ2) is 4.96. The van der Waals surface area contributed by atoms with E-state index in [9.17, 15) is 9.18 Å². The number of hydrogen-bond donors (Lipinski definition) is 0. The Labute approximate surface area is 99.7 Å². The molecule has 0 aliphatic heterocycles. The van der Waals surface area contributed by atoms with Gasteiger partial charge in [0.1, 0.15) is 0 Å². The minimum Gasteiger partial charge on any atom is -0.327 e. The fourth-order valence-corrected chi connectivity index (χ4v) is 1.66. The number of pyridine rings is 1. The van der Waals surface area contributed by atoms with Gasteiger partial charge >= 0.3 is 0 Å². The number of amides is 1. The summed E-state index contributed by atoms with van der Waals surface area (Å²) in [4.78, 5) is 17.1. The molecule has 1 aliphatic carbocycles. The van der Waals surface area contributed by atoms with Crippen LogP contribution < -0.4 is 0 Å². The average molecular weight is 232 g/mol. The van der Waals surface area contributed by atoms with E-state index in [1.807, 2.05) is 0 Å². The third-order valence-electron chi connectivity index (χ3n) is 2.73. The summed E-state index contributed by atoms with van der Waals surface area (Å²) in [6, 6.07) is 2.97. The lowest BCUT2D eigenvalue weighted by Crippen LogP contribution is -2.34. The zero-order chi connectivity index (χ0) is 12.3. The van der Waals surface area contributed by atoms with Gasteiger partial charge in [-0.15, -0.1) is 6.42 Å². The lowest BCUT2D eigenvalue weighted by atomic mass is 10.2. The molecule has 0 atom stereocenters. The number of carbonyl (C=O) groups excluding carboxylic acids is 1. The summed E-state index contributed by atoms with van der Waals surface area (Å²) in [6.45, 7) is 0.820. The van der Waals surface area contributed by atoms with Crippen molar-refractivity contribution in [1.82, 2.24) is 9.88 Å². The molecule has 2 rings (SSSR count). The maximum Gasteiger partial charge on any atom is 0.259 e. The van der Waals surface area contributed by atoms with Crippen molar-refractivity contribution in [3.8, 4) is 12.3 Å². The van der Waals surface area contributed by atoms with Crippen LogP contribution in [-0.2, 0) is 0 Å². The quantitative estimate of drug-likeness (QED) is 0.585. The first-order valence-electron chi connectivity index (χ1n) is 5.55. The maximum atomic E-state index is 13.4. The van der Waals surface area contributed by atoms with Gasteiger partial charge < -0.3 is 4.90 Å². The Hall–Kier alpha value is -1.89. The summed E-state index contributed by atoms with van der Waals surface area (Å²) in [5, 5.41) is 0. The maximum absolute atomic E-state index is 13.4. The van der Waals surface area contributed by atoms with Gasteiger partial charge in [-0.3, -0.25) is 4.79 Å². The molecule has 1 saturated carbocycles. The van der Waals surface area contributed by atoms with E-state index >= 15 is 0 Å². The van der Waals surface area contributed by atoms with Crippen molar-refractivity contribution >= 4 is 5.91 Å². The van der Waals surface area contributed by atoms with Crippen LogP contribution in [0, 0.1) is 24.2 Å². The molecule has 0 bridgehead atoms. The van der Waals surface area contributed by atoms with E-state index in [2.05, 4.69) is 10.9 Å². The average Bonchev–Trinajstić information content (AvgIpc) is 3.12. The van der Waals surface area contributed by atoms with Crippen molar-refractivity contribution in [1.29, 1.82) is 0 Å². The molecule has 1 aromatic rings. The number of hydrogen-bond acceptors (Lipinski definition) is 2. The molecule has 17 heavy (non-hydrogen) atoms. The number of aromatic nitrogens is 1. The highest BCUT2D eigenvalue weighted by molar-refractivity contribution is 5.94. The molecule has 4 heteroatoms. The first-order valence-corrected chi connectivity index (χ1v) is 5.55. The first-order chi connectivity index (χ1) is 8.22. The third-order valence-corrected chi connectivity index (χ3v) is 2.73. The van der Waals surface area contributed by atoms with Crippen LogP contribution in [0.5, 0.6) is 0 Å². The molecule has 1 aromatic heterocycles. The number of nitrogens with zero attached hydrogens (tertiary/aromatic N) is 2. The summed E-state index contributed by atoms with van der Waals surface area (Å²) in [7, 11) is 0. The lowest BCUT2D eigenvalue weighted by Gasteiger charge is -2.19. The Balaban J connectivity index is 2.15. The predicted molar refractivity (Wildman–Crippen MR) is 61.7 cm³/mol. The van der Waals surface area contributed by atoms with E-state index in [0.29, 0.717) is 12.5 Å². The van der Waals surface area contributed by atoms with E-state index < -0.39 is 5.95 Å². The Morgan fingerprint density at radius 1 is 1.65 bits per heavy atom. The van der Waals surface area contributed by atoms with Crippen LogP contribution in [0.3, 0.4) is 0 Å². The molecule has 0 spiro atoms. The van der Waals surface area contributed by atoms with Gasteiger partial charge in [0.15, 0.2) is 0 Å². The predicted octanol–water partition coefficient (Wildman–Crippen LogP) is 1.71. The second-order valence-electron chi connectivity index (χ2n) is 4.17. The molecule has 1 fully saturated rings. The zero-order valence-corrected chi connectivity index (χ0v) is 9.40. The van der Waals surface area contributed by atoms with Crippen molar-refractivity contribution in [3.63, 3.8) is 0 Å². The van der Waals surface area contributed by atoms with E-state index in [1.165, 1.54) is 17.2 Å². The van der Waals surface area contributed by atoms with E-state index in [1.54, 1.807) is 6.07 Å². The summed E-state index contributed by atoms with van der Waals surface area (Å²) >= 11 is 0. The van der Waals surface area contributed by atoms with Gasteiger partial charge in [0, 0.05) is 12.7 Å². The molecule has 0 aromatic carbocycles. The smallest absolute Gasteiger partial charge is 0.259 e. The van der Waals surface area contributed by atoms with Gasteiger partial charge in [0.2, 0.25) is 5.95 Å². The Kier molecular flexibility index (Phi) is 3.38. The van der Waals surface area contributed by atoms with Gasteiger partial charge in [-0.05, 0) is 30.9 Å². The number of rotatable bonds is 4. The van der Waals surface area contributed by atoms with E-state index in [-0.39, 0.29) is 18.0 Å². The zero-order valence-electron chi connectivity index (χ0n) is 9.40. The third kappa shape index (κ3) is 2.82. The summed E-state index contributed by atoms with van der Waals surface area (Å²) in [5.41, 5.74) is -0.0107. The SMILES string of the molecule is C#CCN(CC1CC1)C(=O)c1cccnc1F. The van der Waals surface area contributed by atoms with Gasteiger partial charge in [0.25, 0.3) is 5.91 Å². The first kappa shape index (κ1) is 11.6. The van der Waals surface area contributed by atoms with Gasteiger partial charge in [-0.1, -0.05) is 5.92 Å². The molecular weight excluding hydrogens is 219 g/mol. The van der Waals surface area contributed by atoms with Crippen molar-refractivity contribution in [3.05, 3.63) is 29.8 Å². The molecular formula is C13H13FN2O. The fourth-order valence-electron chi connectivity index (χ4n) is 1.66. The van der Waals surface area contributed by atoms with Crippen LogP contribution in [-0.4, -0.2) is 28.9 Å². The van der Waals surface area contributed by atoms with Crippen LogP contribution in [0.25, 0.3) is 0 Å². The Bertz CT molecular complexity index is 463. The van der Waals surface area contributed by atoms with Crippen molar-refractivity contribution in [2.75, 3.05) is 13.1 Å². The van der Waals surface area contributed by atoms with Gasteiger partial charge in [-0.25, -0.2) is 4.98 Å². The molecule has 0 radical (unpaired) electrons. The Morgan fingerprint density at radius 2 is 2.41 bits per heavy atom. The second-order valence-corrected chi connectivity index (χ2v) is 4.17. The van der Waals surface area contributed by atoms with Crippen LogP contribution in [0.1, 0.15) is 23.2 Å². The summed E-state index contributed by atoms with van der Waals surface area (Å²) < 4.78 is 13.4. The highest BCUT2D eigenvalue weighted by atomic mass is 19.1. The summed E-state index contributed by atoms with van der Waals surface area (Å²) in [5.74, 6) is 1.84. The highest BCUT2D eigenvalue weighted by Gasteiger charge is 2.27. The minimum absolute atomic E-state index is 0.0107. The van der Waals surface area contributed by atoms with Crippen molar-refractivity contribution < 1.29 is 9.18 Å². The molecule has 3 nitrogen and oxygen atoms in total. The minimum atomic E-state index is -0.740. The topological polar surface area (TPSA) is 33.2 Å². The number of carbonyl (C=O) groups is 1. The van der Waals surface area contributed by atoms with Crippen LogP contribution in [0.15, 0.2) is 18.3 Å². The van der Waals surface area contributed by atoms with Crippen LogP contribution in [0.4, 0.5) is 4.39 Å². The van der Waals surface area contributed by atoms with Crippen molar-refractivity contribution in [2.24, 2.45) is 5.92 Å². The van der Waals surface area contributed by atoms with Crippen LogP contribution in [0.2, 0.25) is 0 Å². The largest absolute Gasteiger partial charge is 0.327 e. The van der Waals surface area contributed by atoms with E-state index in [0.717, 1.165) is 12.8 Å². The van der Waals surface area contributed by atoms with Crippen LogP contribution >= 0.6 is 0 Å². The number of halogens is 1. The molecule has 0 N–H and O–H groups in total. The van der Waals surface area contributed by atoms with Crippen molar-refractivity contribution in [2.45, 2.75) is 12.8 Å². The molecule has 88 valence electrons. The molecule has 0 saturated heterocycles. The molecule has 1 aliphatic rings. The molecule has 0 unspecified atom stereocenters. The van der Waals surface area contributed by atoms with Gasteiger partial charge in [0.05, 0.1) is 12.1 Å². The highest BCUT2D eigenvalue weighted by Crippen LogP contribution is 2.30.